The fourth-order valence-corrected chi connectivity index (χ4v) is 2.18. The number of benzene rings is 1. The molecule has 1 aromatic carbocycles. The van der Waals surface area contributed by atoms with Crippen LogP contribution in [0.3, 0.4) is 0 Å². The highest BCUT2D eigenvalue weighted by Crippen LogP contribution is 2.48. The average molecular weight is 246 g/mol. The first-order valence-corrected chi connectivity index (χ1v) is 6.10. The van der Waals surface area contributed by atoms with Gasteiger partial charge in [0.15, 0.2) is 0 Å². The maximum atomic E-state index is 11.2. The standard InChI is InChI=1S/C15H18O3/c1-11(10-18-2)13-5-3-4-12(8-13)9-15(6-7-15)14(16)17/h3-5,8,10H,6-7,9H2,1-2H3,(H,16,17). The van der Waals surface area contributed by atoms with Crippen molar-refractivity contribution < 1.29 is 14.6 Å². The van der Waals surface area contributed by atoms with Crippen LogP contribution in [-0.2, 0) is 16.0 Å². The van der Waals surface area contributed by atoms with Crippen LogP contribution in [0.15, 0.2) is 30.5 Å². The van der Waals surface area contributed by atoms with Crippen molar-refractivity contribution in [3.63, 3.8) is 0 Å². The lowest BCUT2D eigenvalue weighted by Gasteiger charge is -2.11. The molecule has 1 saturated carbocycles. The Hall–Kier alpha value is -1.77. The number of allylic oxidation sites excluding steroid dienone is 1. The molecular formula is C15H18O3. The Kier molecular flexibility index (Phi) is 3.41. The second-order valence-electron chi connectivity index (χ2n) is 5.00. The topological polar surface area (TPSA) is 46.5 Å². The summed E-state index contributed by atoms with van der Waals surface area (Å²) in [5.41, 5.74) is 2.70. The Balaban J connectivity index is 2.18. The number of rotatable bonds is 5. The van der Waals surface area contributed by atoms with E-state index in [2.05, 4.69) is 0 Å². The summed E-state index contributed by atoms with van der Waals surface area (Å²) in [7, 11) is 1.62. The molecule has 0 saturated heterocycles. The van der Waals surface area contributed by atoms with E-state index in [1.165, 1.54) is 0 Å². The Labute approximate surface area is 107 Å². The third-order valence-electron chi connectivity index (χ3n) is 3.53. The summed E-state index contributed by atoms with van der Waals surface area (Å²) < 4.78 is 4.99. The number of carbonyl (C=O) groups is 1. The normalized spacial score (nSPS) is 17.3. The van der Waals surface area contributed by atoms with Crippen molar-refractivity contribution in [1.29, 1.82) is 0 Å². The Bertz CT molecular complexity index is 484. The molecule has 1 aliphatic carbocycles. The van der Waals surface area contributed by atoms with E-state index in [0.717, 1.165) is 29.5 Å². The molecule has 0 unspecified atom stereocenters. The SMILES string of the molecule is COC=C(C)c1cccc(CC2(C(=O)O)CC2)c1. The van der Waals surface area contributed by atoms with Crippen molar-refractivity contribution in [3.8, 4) is 0 Å². The first-order chi connectivity index (χ1) is 8.57. The summed E-state index contributed by atoms with van der Waals surface area (Å²) in [6.45, 7) is 1.98. The van der Waals surface area contributed by atoms with Gasteiger partial charge in [-0.2, -0.15) is 0 Å². The second kappa shape index (κ2) is 4.84. The van der Waals surface area contributed by atoms with Crippen molar-refractivity contribution in [2.45, 2.75) is 26.2 Å². The van der Waals surface area contributed by atoms with E-state index in [-0.39, 0.29) is 0 Å². The smallest absolute Gasteiger partial charge is 0.309 e. The van der Waals surface area contributed by atoms with Crippen LogP contribution >= 0.6 is 0 Å². The van der Waals surface area contributed by atoms with Gasteiger partial charge in [-0.1, -0.05) is 24.3 Å². The predicted octanol–water partition coefficient (Wildman–Crippen LogP) is 3.10. The Morgan fingerprint density at radius 1 is 1.50 bits per heavy atom. The fourth-order valence-electron chi connectivity index (χ4n) is 2.18. The van der Waals surface area contributed by atoms with E-state index in [4.69, 9.17) is 4.74 Å². The average Bonchev–Trinajstić information content (AvgIpc) is 3.11. The lowest BCUT2D eigenvalue weighted by atomic mass is 9.94. The van der Waals surface area contributed by atoms with Gasteiger partial charge in [0.25, 0.3) is 0 Å². The zero-order valence-electron chi connectivity index (χ0n) is 10.8. The highest BCUT2D eigenvalue weighted by molar-refractivity contribution is 5.78. The molecule has 96 valence electrons. The summed E-state index contributed by atoms with van der Waals surface area (Å²) in [6.07, 6.45) is 3.90. The number of ether oxygens (including phenoxy) is 1. The molecule has 3 nitrogen and oxygen atoms in total. The maximum absolute atomic E-state index is 11.2. The van der Waals surface area contributed by atoms with E-state index in [1.807, 2.05) is 31.2 Å². The zero-order chi connectivity index (χ0) is 13.2. The van der Waals surface area contributed by atoms with Crippen LogP contribution in [0.25, 0.3) is 5.57 Å². The van der Waals surface area contributed by atoms with Gasteiger partial charge in [-0.05, 0) is 42.9 Å². The van der Waals surface area contributed by atoms with E-state index >= 15 is 0 Å². The predicted molar refractivity (Wildman–Crippen MR) is 70.1 cm³/mol. The van der Waals surface area contributed by atoms with E-state index in [0.29, 0.717) is 6.42 Å². The third kappa shape index (κ3) is 2.55. The molecule has 0 amide bonds. The molecule has 0 bridgehead atoms. The summed E-state index contributed by atoms with van der Waals surface area (Å²) in [4.78, 5) is 11.2. The van der Waals surface area contributed by atoms with Gasteiger partial charge in [0.1, 0.15) is 0 Å². The minimum Gasteiger partial charge on any atom is -0.504 e. The number of methoxy groups -OCH3 is 1. The maximum Gasteiger partial charge on any atom is 0.309 e. The Morgan fingerprint density at radius 3 is 2.78 bits per heavy atom. The first kappa shape index (κ1) is 12.7. The molecule has 1 N–H and O–H groups in total. The van der Waals surface area contributed by atoms with Crippen molar-refractivity contribution in [2.75, 3.05) is 7.11 Å². The van der Waals surface area contributed by atoms with Crippen molar-refractivity contribution in [2.24, 2.45) is 5.41 Å². The molecule has 0 aromatic heterocycles. The van der Waals surface area contributed by atoms with Gasteiger partial charge < -0.3 is 9.84 Å². The van der Waals surface area contributed by atoms with Crippen LogP contribution in [0, 0.1) is 5.41 Å². The van der Waals surface area contributed by atoms with Gasteiger partial charge in [-0.3, -0.25) is 4.79 Å². The summed E-state index contributed by atoms with van der Waals surface area (Å²) in [5, 5.41) is 9.20. The van der Waals surface area contributed by atoms with Crippen molar-refractivity contribution >= 4 is 11.5 Å². The number of carboxylic acid groups (broad SMARTS) is 1. The van der Waals surface area contributed by atoms with Gasteiger partial charge in [0.05, 0.1) is 18.8 Å². The van der Waals surface area contributed by atoms with Crippen LogP contribution in [-0.4, -0.2) is 18.2 Å². The number of hydrogen-bond donors (Lipinski definition) is 1. The minimum atomic E-state index is -0.669. The molecule has 0 heterocycles. The van der Waals surface area contributed by atoms with Gasteiger partial charge in [0, 0.05) is 0 Å². The molecular weight excluding hydrogens is 228 g/mol. The van der Waals surface area contributed by atoms with Crippen LogP contribution in [0.1, 0.15) is 30.9 Å². The molecule has 3 heteroatoms. The molecule has 18 heavy (non-hydrogen) atoms. The quantitative estimate of drug-likeness (QED) is 0.812. The van der Waals surface area contributed by atoms with E-state index in [9.17, 15) is 9.90 Å². The molecule has 0 atom stereocenters. The van der Waals surface area contributed by atoms with Crippen LogP contribution in [0.5, 0.6) is 0 Å². The van der Waals surface area contributed by atoms with E-state index in [1.54, 1.807) is 13.4 Å². The van der Waals surface area contributed by atoms with Crippen molar-refractivity contribution in [3.05, 3.63) is 41.7 Å². The molecule has 2 rings (SSSR count). The first-order valence-electron chi connectivity index (χ1n) is 6.10. The number of aliphatic carboxylic acids is 1. The molecule has 0 radical (unpaired) electrons. The highest BCUT2D eigenvalue weighted by atomic mass is 16.5. The number of carboxylic acids is 1. The van der Waals surface area contributed by atoms with Gasteiger partial charge >= 0.3 is 5.97 Å². The highest BCUT2D eigenvalue weighted by Gasteiger charge is 2.49. The summed E-state index contributed by atoms with van der Waals surface area (Å²) >= 11 is 0. The summed E-state index contributed by atoms with van der Waals surface area (Å²) in [6, 6.07) is 8.02. The second-order valence-corrected chi connectivity index (χ2v) is 5.00. The lowest BCUT2D eigenvalue weighted by molar-refractivity contribution is -0.143. The number of hydrogen-bond acceptors (Lipinski definition) is 2. The molecule has 1 aromatic rings. The summed E-state index contributed by atoms with van der Waals surface area (Å²) in [5.74, 6) is -0.669. The van der Waals surface area contributed by atoms with Crippen molar-refractivity contribution in [1.82, 2.24) is 0 Å². The van der Waals surface area contributed by atoms with Crippen LogP contribution < -0.4 is 0 Å². The van der Waals surface area contributed by atoms with Crippen LogP contribution in [0.2, 0.25) is 0 Å². The van der Waals surface area contributed by atoms with Gasteiger partial charge in [0.2, 0.25) is 0 Å². The van der Waals surface area contributed by atoms with E-state index < -0.39 is 11.4 Å². The molecule has 0 spiro atoms. The molecule has 0 aliphatic heterocycles. The fraction of sp³-hybridized carbons (Fsp3) is 0.400. The minimum absolute atomic E-state index is 0.502. The molecule has 1 aliphatic rings. The van der Waals surface area contributed by atoms with Gasteiger partial charge in [-0.15, -0.1) is 0 Å². The lowest BCUT2D eigenvalue weighted by Crippen LogP contribution is -2.17. The largest absolute Gasteiger partial charge is 0.504 e. The Morgan fingerprint density at radius 2 is 2.22 bits per heavy atom. The third-order valence-corrected chi connectivity index (χ3v) is 3.53. The monoisotopic (exact) mass is 246 g/mol. The van der Waals surface area contributed by atoms with Gasteiger partial charge in [-0.25, -0.2) is 0 Å². The molecule has 1 fully saturated rings. The van der Waals surface area contributed by atoms with Crippen LogP contribution in [0.4, 0.5) is 0 Å². The zero-order valence-corrected chi connectivity index (χ0v) is 10.8.